The third kappa shape index (κ3) is 4.67. The molecule has 0 bridgehead atoms. The van der Waals surface area contributed by atoms with Crippen molar-refractivity contribution in [2.75, 3.05) is 6.54 Å². The van der Waals surface area contributed by atoms with E-state index in [1.165, 1.54) is 24.3 Å². The van der Waals surface area contributed by atoms with Crippen LogP contribution < -0.4 is 5.32 Å². The van der Waals surface area contributed by atoms with Crippen LogP contribution in [0.5, 0.6) is 0 Å². The molecule has 0 saturated heterocycles. The number of halogens is 2. The van der Waals surface area contributed by atoms with Crippen molar-refractivity contribution in [1.29, 1.82) is 0 Å². The highest BCUT2D eigenvalue weighted by Gasteiger charge is 2.32. The second-order valence-electron chi connectivity index (χ2n) is 7.08. The van der Waals surface area contributed by atoms with Crippen LogP contribution >= 0.6 is 0 Å². The van der Waals surface area contributed by atoms with Gasteiger partial charge in [0.15, 0.2) is 0 Å². The first kappa shape index (κ1) is 18.5. The van der Waals surface area contributed by atoms with E-state index in [4.69, 9.17) is 0 Å². The van der Waals surface area contributed by atoms with E-state index < -0.39 is 11.5 Å². The van der Waals surface area contributed by atoms with Crippen molar-refractivity contribution in [3.05, 3.63) is 71.3 Å². The molecule has 0 radical (unpaired) electrons. The second kappa shape index (κ2) is 7.96. The molecule has 1 saturated carbocycles. The van der Waals surface area contributed by atoms with E-state index >= 15 is 0 Å². The van der Waals surface area contributed by atoms with Crippen LogP contribution in [-0.4, -0.2) is 23.2 Å². The summed E-state index contributed by atoms with van der Waals surface area (Å²) in [7, 11) is 0. The summed E-state index contributed by atoms with van der Waals surface area (Å²) in [6.07, 6.45) is 3.67. The van der Waals surface area contributed by atoms with Gasteiger partial charge < -0.3 is 10.4 Å². The molecule has 2 aromatic carbocycles. The van der Waals surface area contributed by atoms with Crippen molar-refractivity contribution in [1.82, 2.24) is 5.32 Å². The lowest BCUT2D eigenvalue weighted by Gasteiger charge is -2.24. The summed E-state index contributed by atoms with van der Waals surface area (Å²) in [5, 5.41) is 13.3. The minimum Gasteiger partial charge on any atom is -0.388 e. The number of rotatable bonds is 6. The third-order valence-corrected chi connectivity index (χ3v) is 5.07. The molecule has 3 nitrogen and oxygen atoms in total. The normalized spacial score (nSPS) is 17.0. The Morgan fingerprint density at radius 1 is 1.00 bits per heavy atom. The Morgan fingerprint density at radius 3 is 2.12 bits per heavy atom. The first-order valence-corrected chi connectivity index (χ1v) is 8.95. The molecule has 1 atom stereocenters. The Morgan fingerprint density at radius 2 is 1.54 bits per heavy atom. The van der Waals surface area contributed by atoms with Crippen molar-refractivity contribution in [2.45, 2.75) is 43.6 Å². The fourth-order valence-corrected chi connectivity index (χ4v) is 3.50. The average molecular weight is 359 g/mol. The molecular formula is C21H23F2NO2. The van der Waals surface area contributed by atoms with Gasteiger partial charge >= 0.3 is 0 Å². The van der Waals surface area contributed by atoms with E-state index in [1.54, 1.807) is 24.3 Å². The average Bonchev–Trinajstić information content (AvgIpc) is 3.07. The maximum Gasteiger partial charge on any atom is 0.227 e. The summed E-state index contributed by atoms with van der Waals surface area (Å²) >= 11 is 0. The molecule has 3 rings (SSSR count). The predicted molar refractivity (Wildman–Crippen MR) is 95.7 cm³/mol. The van der Waals surface area contributed by atoms with Crippen LogP contribution in [0.1, 0.15) is 42.7 Å². The van der Waals surface area contributed by atoms with Gasteiger partial charge in [0.2, 0.25) is 5.91 Å². The fraction of sp³-hybridized carbons (Fsp3) is 0.381. The Bertz CT molecular complexity index is 738. The summed E-state index contributed by atoms with van der Waals surface area (Å²) < 4.78 is 26.4. The van der Waals surface area contributed by atoms with Gasteiger partial charge in [0.05, 0.1) is 11.5 Å². The largest absolute Gasteiger partial charge is 0.388 e. The van der Waals surface area contributed by atoms with Crippen LogP contribution in [0.15, 0.2) is 48.5 Å². The first-order chi connectivity index (χ1) is 12.5. The topological polar surface area (TPSA) is 49.3 Å². The summed E-state index contributed by atoms with van der Waals surface area (Å²) in [4.78, 5) is 12.8. The number of nitrogens with one attached hydrogen (secondary N) is 1. The van der Waals surface area contributed by atoms with Crippen LogP contribution in [0.2, 0.25) is 0 Å². The molecule has 0 aromatic heterocycles. The van der Waals surface area contributed by atoms with Crippen LogP contribution in [0.4, 0.5) is 8.78 Å². The zero-order valence-electron chi connectivity index (χ0n) is 14.6. The molecule has 0 spiro atoms. The Kier molecular flexibility index (Phi) is 5.67. The van der Waals surface area contributed by atoms with Gasteiger partial charge in [-0.05, 0) is 54.7 Å². The lowest BCUT2D eigenvalue weighted by atomic mass is 9.90. The van der Waals surface area contributed by atoms with E-state index in [1.807, 2.05) is 0 Å². The molecule has 1 unspecified atom stereocenters. The van der Waals surface area contributed by atoms with Crippen molar-refractivity contribution < 1.29 is 18.7 Å². The zero-order valence-corrected chi connectivity index (χ0v) is 14.6. The molecule has 1 aliphatic rings. The van der Waals surface area contributed by atoms with Gasteiger partial charge in [-0.25, -0.2) is 8.78 Å². The van der Waals surface area contributed by atoms with Crippen molar-refractivity contribution >= 4 is 5.91 Å². The van der Waals surface area contributed by atoms with Gasteiger partial charge in [-0.2, -0.15) is 0 Å². The Balaban J connectivity index is 1.76. The molecular weight excluding hydrogens is 336 g/mol. The van der Waals surface area contributed by atoms with Gasteiger partial charge in [-0.15, -0.1) is 0 Å². The molecule has 1 amide bonds. The van der Waals surface area contributed by atoms with Crippen molar-refractivity contribution in [3.63, 3.8) is 0 Å². The van der Waals surface area contributed by atoms with Crippen LogP contribution in [0, 0.1) is 11.6 Å². The molecule has 0 heterocycles. The molecule has 138 valence electrons. The summed E-state index contributed by atoms with van der Waals surface area (Å²) in [5.74, 6) is -1.46. The lowest BCUT2D eigenvalue weighted by Crippen LogP contribution is -2.42. The molecule has 5 heteroatoms. The Hall–Kier alpha value is -2.27. The predicted octanol–water partition coefficient (Wildman–Crippen LogP) is 3.71. The van der Waals surface area contributed by atoms with Crippen LogP contribution in [0.25, 0.3) is 0 Å². The summed E-state index contributed by atoms with van der Waals surface area (Å²) in [5.41, 5.74) is 0.667. The molecule has 2 aromatic rings. The van der Waals surface area contributed by atoms with E-state index in [-0.39, 0.29) is 24.1 Å². The van der Waals surface area contributed by atoms with E-state index in [2.05, 4.69) is 5.32 Å². The quantitative estimate of drug-likeness (QED) is 0.826. The molecule has 0 aliphatic heterocycles. The Labute approximate surface area is 152 Å². The highest BCUT2D eigenvalue weighted by atomic mass is 19.1. The molecule has 2 N–H and O–H groups in total. The van der Waals surface area contributed by atoms with Gasteiger partial charge in [0, 0.05) is 6.54 Å². The second-order valence-corrected chi connectivity index (χ2v) is 7.08. The van der Waals surface area contributed by atoms with Gasteiger partial charge in [0.1, 0.15) is 11.6 Å². The number of hydrogen-bond acceptors (Lipinski definition) is 2. The standard InChI is InChI=1S/C21H23F2NO2/c22-17-7-3-15(4-8-17)13-19(16-5-9-18(23)10-6-16)20(25)24-14-21(26)11-1-2-12-21/h3-10,19,26H,1-2,11-14H2,(H,24,25). The number of carbonyl (C=O) groups is 1. The van der Waals surface area contributed by atoms with E-state index in [9.17, 15) is 18.7 Å². The highest BCUT2D eigenvalue weighted by Crippen LogP contribution is 2.29. The smallest absolute Gasteiger partial charge is 0.227 e. The number of carbonyl (C=O) groups excluding carboxylic acids is 1. The maximum atomic E-state index is 13.3. The van der Waals surface area contributed by atoms with Crippen molar-refractivity contribution in [3.8, 4) is 0 Å². The first-order valence-electron chi connectivity index (χ1n) is 8.95. The lowest BCUT2D eigenvalue weighted by molar-refractivity contribution is -0.123. The number of aliphatic hydroxyl groups is 1. The van der Waals surface area contributed by atoms with Gasteiger partial charge in [-0.1, -0.05) is 37.1 Å². The van der Waals surface area contributed by atoms with Crippen LogP contribution in [-0.2, 0) is 11.2 Å². The van der Waals surface area contributed by atoms with Gasteiger partial charge in [-0.3, -0.25) is 4.79 Å². The number of benzene rings is 2. The summed E-state index contributed by atoms with van der Waals surface area (Å²) in [6, 6.07) is 11.8. The highest BCUT2D eigenvalue weighted by molar-refractivity contribution is 5.84. The van der Waals surface area contributed by atoms with Crippen molar-refractivity contribution in [2.24, 2.45) is 0 Å². The van der Waals surface area contributed by atoms with Gasteiger partial charge in [0.25, 0.3) is 0 Å². The number of amides is 1. The van der Waals surface area contributed by atoms with Crippen LogP contribution in [0.3, 0.4) is 0 Å². The third-order valence-electron chi connectivity index (χ3n) is 5.07. The molecule has 26 heavy (non-hydrogen) atoms. The molecule has 1 fully saturated rings. The SMILES string of the molecule is O=C(NCC1(O)CCCC1)C(Cc1ccc(F)cc1)c1ccc(F)cc1. The number of hydrogen-bond donors (Lipinski definition) is 2. The summed E-state index contributed by atoms with van der Waals surface area (Å²) in [6.45, 7) is 0.215. The van der Waals surface area contributed by atoms with E-state index in [0.717, 1.165) is 18.4 Å². The molecule has 1 aliphatic carbocycles. The monoisotopic (exact) mass is 359 g/mol. The maximum absolute atomic E-state index is 13.3. The fourth-order valence-electron chi connectivity index (χ4n) is 3.50. The zero-order chi connectivity index (χ0) is 18.6. The minimum atomic E-state index is -0.834. The van der Waals surface area contributed by atoms with E-state index in [0.29, 0.717) is 24.8 Å². The minimum absolute atomic E-state index is 0.215.